The molecule has 10 heteroatoms. The predicted octanol–water partition coefficient (Wildman–Crippen LogP) is 2.21. The van der Waals surface area contributed by atoms with E-state index in [1.165, 1.54) is 0 Å². The van der Waals surface area contributed by atoms with E-state index in [1.807, 2.05) is 13.8 Å². The Kier molecular flexibility index (Phi) is 6.91. The van der Waals surface area contributed by atoms with Crippen molar-refractivity contribution in [3.8, 4) is 22.8 Å². The molecule has 0 unspecified atom stereocenters. The van der Waals surface area contributed by atoms with E-state index in [9.17, 15) is 9.59 Å². The fourth-order valence-corrected chi connectivity index (χ4v) is 3.12. The van der Waals surface area contributed by atoms with E-state index in [4.69, 9.17) is 14.0 Å². The standard InChI is InChI=1S/C21H25N5O5/c1-5-14-13(17(6-2)31-26-14)10-20(27)24-25-21(28)16-11-15(22-23-16)12-7-8-18(29-3)19(9-12)30-4/h7-9,11H,5-6,10H2,1-4H3,(H,22,23)(H,24,27)(H,25,28). The van der Waals surface area contributed by atoms with Gasteiger partial charge in [0.2, 0.25) is 5.91 Å². The number of methoxy groups -OCH3 is 2. The fraction of sp³-hybridized carbons (Fsp3) is 0.333. The first-order chi connectivity index (χ1) is 15.0. The molecule has 10 nitrogen and oxygen atoms in total. The second-order valence-electron chi connectivity index (χ2n) is 6.65. The van der Waals surface area contributed by atoms with Crippen LogP contribution in [0.4, 0.5) is 0 Å². The average molecular weight is 427 g/mol. The van der Waals surface area contributed by atoms with Crippen molar-refractivity contribution in [2.24, 2.45) is 0 Å². The highest BCUT2D eigenvalue weighted by Gasteiger charge is 2.18. The zero-order valence-electron chi connectivity index (χ0n) is 17.9. The lowest BCUT2D eigenvalue weighted by atomic mass is 10.1. The summed E-state index contributed by atoms with van der Waals surface area (Å²) in [5.74, 6) is 0.914. The van der Waals surface area contributed by atoms with Gasteiger partial charge in [-0.25, -0.2) is 0 Å². The maximum atomic E-state index is 12.4. The summed E-state index contributed by atoms with van der Waals surface area (Å²) in [5.41, 5.74) is 7.77. The summed E-state index contributed by atoms with van der Waals surface area (Å²) in [5, 5.41) is 10.8. The average Bonchev–Trinajstić information content (AvgIpc) is 3.44. The van der Waals surface area contributed by atoms with Crippen LogP contribution in [0.25, 0.3) is 11.3 Å². The van der Waals surface area contributed by atoms with Crippen molar-refractivity contribution in [1.29, 1.82) is 0 Å². The van der Waals surface area contributed by atoms with Crippen molar-refractivity contribution in [2.75, 3.05) is 14.2 Å². The minimum absolute atomic E-state index is 0.0655. The summed E-state index contributed by atoms with van der Waals surface area (Å²) in [4.78, 5) is 24.7. The smallest absolute Gasteiger partial charge is 0.287 e. The molecule has 31 heavy (non-hydrogen) atoms. The number of aryl methyl sites for hydroxylation is 2. The summed E-state index contributed by atoms with van der Waals surface area (Å²) in [6.07, 6.45) is 1.36. The highest BCUT2D eigenvalue weighted by Crippen LogP contribution is 2.31. The molecule has 0 aliphatic rings. The number of rotatable bonds is 8. The van der Waals surface area contributed by atoms with Gasteiger partial charge in [-0.15, -0.1) is 0 Å². The minimum Gasteiger partial charge on any atom is -0.493 e. The van der Waals surface area contributed by atoms with Crippen LogP contribution in [0.3, 0.4) is 0 Å². The molecule has 3 N–H and O–H groups in total. The molecule has 0 saturated heterocycles. The molecule has 0 radical (unpaired) electrons. The van der Waals surface area contributed by atoms with E-state index in [0.29, 0.717) is 35.8 Å². The van der Waals surface area contributed by atoms with Crippen LogP contribution in [0, 0.1) is 0 Å². The van der Waals surface area contributed by atoms with E-state index in [1.54, 1.807) is 38.5 Å². The lowest BCUT2D eigenvalue weighted by molar-refractivity contribution is -0.121. The molecule has 3 rings (SSSR count). The van der Waals surface area contributed by atoms with Gasteiger partial charge in [0.1, 0.15) is 11.5 Å². The molecule has 164 valence electrons. The molecule has 0 saturated carbocycles. The second kappa shape index (κ2) is 9.79. The Labute approximate surface area is 179 Å². The second-order valence-corrected chi connectivity index (χ2v) is 6.65. The Hall–Kier alpha value is -3.82. The molecule has 2 amide bonds. The summed E-state index contributed by atoms with van der Waals surface area (Å²) in [7, 11) is 3.10. The Bertz CT molecular complexity index is 1050. The van der Waals surface area contributed by atoms with Crippen molar-refractivity contribution in [3.63, 3.8) is 0 Å². The molecule has 0 atom stereocenters. The molecule has 0 spiro atoms. The van der Waals surface area contributed by atoms with Crippen LogP contribution in [-0.2, 0) is 24.1 Å². The fourth-order valence-electron chi connectivity index (χ4n) is 3.12. The van der Waals surface area contributed by atoms with E-state index < -0.39 is 5.91 Å². The normalized spacial score (nSPS) is 10.6. The molecule has 2 heterocycles. The number of aromatic nitrogens is 3. The number of benzene rings is 1. The molecule has 0 bridgehead atoms. The van der Waals surface area contributed by atoms with E-state index in [0.717, 1.165) is 16.8 Å². The number of hydrogen-bond donors (Lipinski definition) is 3. The van der Waals surface area contributed by atoms with Gasteiger partial charge in [-0.3, -0.25) is 25.5 Å². The third kappa shape index (κ3) is 4.85. The maximum Gasteiger partial charge on any atom is 0.287 e. The molecule has 0 aliphatic carbocycles. The molecule has 2 aromatic heterocycles. The van der Waals surface area contributed by atoms with Crippen molar-refractivity contribution >= 4 is 11.8 Å². The minimum atomic E-state index is -0.524. The van der Waals surface area contributed by atoms with Gasteiger partial charge in [0.15, 0.2) is 11.5 Å². The number of ether oxygens (including phenoxy) is 2. The topological polar surface area (TPSA) is 131 Å². The number of aromatic amines is 1. The first-order valence-corrected chi connectivity index (χ1v) is 9.83. The highest BCUT2D eigenvalue weighted by atomic mass is 16.5. The largest absolute Gasteiger partial charge is 0.493 e. The van der Waals surface area contributed by atoms with Crippen LogP contribution in [0.5, 0.6) is 11.5 Å². The number of carbonyl (C=O) groups is 2. The van der Waals surface area contributed by atoms with Gasteiger partial charge >= 0.3 is 0 Å². The number of carbonyl (C=O) groups excluding carboxylic acids is 2. The molecule has 0 aliphatic heterocycles. The molecule has 1 aromatic carbocycles. The van der Waals surface area contributed by atoms with Crippen molar-refractivity contribution in [3.05, 3.63) is 47.0 Å². The number of nitrogens with zero attached hydrogens (tertiary/aromatic N) is 2. The van der Waals surface area contributed by atoms with Crippen LogP contribution >= 0.6 is 0 Å². The lowest BCUT2D eigenvalue weighted by Gasteiger charge is -2.08. The monoisotopic (exact) mass is 427 g/mol. The van der Waals surface area contributed by atoms with Gasteiger partial charge in [-0.2, -0.15) is 5.10 Å². The number of H-pyrrole nitrogens is 1. The van der Waals surface area contributed by atoms with Gasteiger partial charge in [0.05, 0.1) is 32.0 Å². The first kappa shape index (κ1) is 21.9. The van der Waals surface area contributed by atoms with E-state index in [-0.39, 0.29) is 18.0 Å². The van der Waals surface area contributed by atoms with Crippen molar-refractivity contribution in [1.82, 2.24) is 26.2 Å². The van der Waals surface area contributed by atoms with E-state index >= 15 is 0 Å². The summed E-state index contributed by atoms with van der Waals surface area (Å²) in [6, 6.07) is 6.89. The lowest BCUT2D eigenvalue weighted by Crippen LogP contribution is -2.42. The third-order valence-corrected chi connectivity index (χ3v) is 4.76. The number of nitrogens with one attached hydrogen (secondary N) is 3. The van der Waals surface area contributed by atoms with Gasteiger partial charge < -0.3 is 14.0 Å². The number of amides is 2. The highest BCUT2D eigenvalue weighted by molar-refractivity contribution is 5.94. The van der Waals surface area contributed by atoms with Crippen LogP contribution in [0.15, 0.2) is 28.8 Å². The molecule has 0 fully saturated rings. The molecular weight excluding hydrogens is 402 g/mol. The summed E-state index contributed by atoms with van der Waals surface area (Å²) in [6.45, 7) is 3.87. The van der Waals surface area contributed by atoms with Crippen molar-refractivity contribution < 1.29 is 23.6 Å². The summed E-state index contributed by atoms with van der Waals surface area (Å²) >= 11 is 0. The Balaban J connectivity index is 1.63. The quantitative estimate of drug-likeness (QED) is 0.470. The molecular formula is C21H25N5O5. The van der Waals surface area contributed by atoms with Crippen LogP contribution in [0.2, 0.25) is 0 Å². The first-order valence-electron chi connectivity index (χ1n) is 9.83. The zero-order valence-corrected chi connectivity index (χ0v) is 17.9. The van der Waals surface area contributed by atoms with Gasteiger partial charge in [0.25, 0.3) is 5.91 Å². The maximum absolute atomic E-state index is 12.4. The van der Waals surface area contributed by atoms with Gasteiger partial charge in [0, 0.05) is 17.5 Å². The van der Waals surface area contributed by atoms with Crippen LogP contribution in [-0.4, -0.2) is 41.4 Å². The van der Waals surface area contributed by atoms with Crippen LogP contribution < -0.4 is 20.3 Å². The van der Waals surface area contributed by atoms with Crippen LogP contribution in [0.1, 0.15) is 41.4 Å². The Morgan fingerprint density at radius 1 is 1.06 bits per heavy atom. The van der Waals surface area contributed by atoms with Gasteiger partial charge in [-0.1, -0.05) is 19.0 Å². The van der Waals surface area contributed by atoms with Crippen molar-refractivity contribution in [2.45, 2.75) is 33.1 Å². The molecule has 3 aromatic rings. The predicted molar refractivity (Wildman–Crippen MR) is 112 cm³/mol. The van der Waals surface area contributed by atoms with Gasteiger partial charge in [-0.05, 0) is 30.7 Å². The Morgan fingerprint density at radius 2 is 1.84 bits per heavy atom. The Morgan fingerprint density at radius 3 is 2.52 bits per heavy atom. The van der Waals surface area contributed by atoms with E-state index in [2.05, 4.69) is 26.2 Å². The summed E-state index contributed by atoms with van der Waals surface area (Å²) < 4.78 is 15.8. The number of hydrazine groups is 1. The third-order valence-electron chi connectivity index (χ3n) is 4.76. The SMILES string of the molecule is CCc1noc(CC)c1CC(=O)NNC(=O)c1cc(-c2ccc(OC)c(OC)c2)n[nH]1. The zero-order chi connectivity index (χ0) is 22.4. The number of hydrogen-bond acceptors (Lipinski definition) is 7.